The Morgan fingerprint density at radius 1 is 1.28 bits per heavy atom. The summed E-state index contributed by atoms with van der Waals surface area (Å²) < 4.78 is 0. The number of hydrogen-bond donors (Lipinski definition) is 1. The first-order chi connectivity index (χ1) is 8.34. The van der Waals surface area contributed by atoms with Crippen molar-refractivity contribution in [2.75, 3.05) is 0 Å². The first-order valence-corrected chi connectivity index (χ1v) is 7.10. The van der Waals surface area contributed by atoms with E-state index in [0.717, 1.165) is 19.2 Å². The van der Waals surface area contributed by atoms with Gasteiger partial charge in [-0.1, -0.05) is 38.8 Å². The van der Waals surface area contributed by atoms with Crippen LogP contribution in [0.3, 0.4) is 0 Å². The van der Waals surface area contributed by atoms with E-state index in [0.29, 0.717) is 18.3 Å². The summed E-state index contributed by atoms with van der Waals surface area (Å²) in [6.07, 6.45) is 5.11. The average Bonchev–Trinajstić information content (AvgIpc) is 2.49. The van der Waals surface area contributed by atoms with Crippen LogP contribution in [0.2, 0.25) is 12.1 Å². The van der Waals surface area contributed by atoms with E-state index in [-0.39, 0.29) is 17.1 Å². The molecule has 0 spiro atoms. The molecule has 0 aromatic heterocycles. The molecule has 3 nitrogen and oxygen atoms in total. The zero-order chi connectivity index (χ0) is 13.8. The molecule has 2 atom stereocenters. The molecule has 4 heteroatoms. The van der Waals surface area contributed by atoms with Gasteiger partial charge in [-0.2, -0.15) is 0 Å². The molecule has 1 aliphatic rings. The first-order valence-electron chi connectivity index (χ1n) is 7.10. The fourth-order valence-corrected chi connectivity index (χ4v) is 3.18. The van der Waals surface area contributed by atoms with Crippen LogP contribution in [0.15, 0.2) is 0 Å². The van der Waals surface area contributed by atoms with E-state index >= 15 is 0 Å². The molecule has 1 rings (SSSR count). The lowest BCUT2D eigenvalue weighted by atomic mass is 9.59. The Morgan fingerprint density at radius 3 is 2.50 bits per heavy atom. The Kier molecular flexibility index (Phi) is 5.42. The third-order valence-corrected chi connectivity index (χ3v) is 4.46. The zero-order valence-corrected chi connectivity index (χ0v) is 12.2. The Bertz CT molecular complexity index is 315. The van der Waals surface area contributed by atoms with Crippen LogP contribution in [-0.4, -0.2) is 25.0 Å². The maximum Gasteiger partial charge on any atom is 0.217 e. The van der Waals surface area contributed by atoms with Gasteiger partial charge in [-0.05, 0) is 18.8 Å². The molecule has 1 saturated heterocycles. The standard InChI is InChI=1S/C14H26BNO2/c1-10(17)7-5-6-8-12-14(3,4)13(9-15-12)16-11(2)18/h12-13,15H,5-9H2,1-4H3,(H,16,18)/t12-,13?/m1/s1. The summed E-state index contributed by atoms with van der Waals surface area (Å²) in [6.45, 7) is 7.77. The van der Waals surface area contributed by atoms with Crippen molar-refractivity contribution in [3.63, 3.8) is 0 Å². The lowest BCUT2D eigenvalue weighted by Gasteiger charge is -2.34. The fourth-order valence-electron chi connectivity index (χ4n) is 3.18. The number of carbonyl (C=O) groups excluding carboxylic acids is 2. The summed E-state index contributed by atoms with van der Waals surface area (Å²) >= 11 is 0. The van der Waals surface area contributed by atoms with Gasteiger partial charge in [0.1, 0.15) is 13.1 Å². The summed E-state index contributed by atoms with van der Waals surface area (Å²) in [5.41, 5.74) is 0.182. The van der Waals surface area contributed by atoms with Gasteiger partial charge in [0.25, 0.3) is 0 Å². The predicted molar refractivity (Wildman–Crippen MR) is 76.2 cm³/mol. The first kappa shape index (κ1) is 15.3. The molecule has 0 aromatic rings. The Hall–Kier alpha value is -0.795. The van der Waals surface area contributed by atoms with Gasteiger partial charge < -0.3 is 10.1 Å². The van der Waals surface area contributed by atoms with Crippen LogP contribution in [0.25, 0.3) is 0 Å². The second-order valence-electron chi connectivity index (χ2n) is 6.30. The maximum absolute atomic E-state index is 11.2. The van der Waals surface area contributed by atoms with E-state index in [1.165, 1.54) is 13.7 Å². The summed E-state index contributed by atoms with van der Waals surface area (Å²) in [4.78, 5) is 22.1. The van der Waals surface area contributed by atoms with Crippen LogP contribution in [0, 0.1) is 5.41 Å². The molecule has 18 heavy (non-hydrogen) atoms. The van der Waals surface area contributed by atoms with Crippen LogP contribution in [0.1, 0.15) is 53.4 Å². The quantitative estimate of drug-likeness (QED) is 0.581. The van der Waals surface area contributed by atoms with Crippen LogP contribution in [0.5, 0.6) is 0 Å². The van der Waals surface area contributed by atoms with E-state index in [1.54, 1.807) is 13.8 Å². The topological polar surface area (TPSA) is 46.2 Å². The van der Waals surface area contributed by atoms with E-state index < -0.39 is 0 Å². The minimum Gasteiger partial charge on any atom is -0.354 e. The zero-order valence-electron chi connectivity index (χ0n) is 12.2. The van der Waals surface area contributed by atoms with Gasteiger partial charge in [-0.15, -0.1) is 0 Å². The number of carbonyl (C=O) groups is 2. The normalized spacial score (nSPS) is 25.6. The van der Waals surface area contributed by atoms with Crippen LogP contribution < -0.4 is 5.32 Å². The highest BCUT2D eigenvalue weighted by Gasteiger charge is 2.43. The SMILES string of the molecule is CC(=O)CCCC[C@H]1BCC(NC(C)=O)C1(C)C. The average molecular weight is 251 g/mol. The van der Waals surface area contributed by atoms with E-state index in [4.69, 9.17) is 0 Å². The van der Waals surface area contributed by atoms with Crippen molar-refractivity contribution in [3.05, 3.63) is 0 Å². The van der Waals surface area contributed by atoms with Gasteiger partial charge in [0.05, 0.1) is 0 Å². The van der Waals surface area contributed by atoms with Crippen molar-refractivity contribution in [1.29, 1.82) is 0 Å². The summed E-state index contributed by atoms with van der Waals surface area (Å²) in [5.74, 6) is 1.03. The van der Waals surface area contributed by atoms with Crippen LogP contribution in [-0.2, 0) is 9.59 Å². The fraction of sp³-hybridized carbons (Fsp3) is 0.857. The van der Waals surface area contributed by atoms with E-state index in [9.17, 15) is 9.59 Å². The van der Waals surface area contributed by atoms with Gasteiger partial charge in [0.15, 0.2) is 0 Å². The number of rotatable bonds is 6. The highest BCUT2D eigenvalue weighted by Crippen LogP contribution is 2.46. The van der Waals surface area contributed by atoms with Crippen molar-refractivity contribution in [2.45, 2.75) is 71.6 Å². The van der Waals surface area contributed by atoms with Gasteiger partial charge in [0.2, 0.25) is 5.91 Å². The predicted octanol–water partition coefficient (Wildman–Crippen LogP) is 2.32. The third-order valence-electron chi connectivity index (χ3n) is 4.46. The lowest BCUT2D eigenvalue weighted by molar-refractivity contribution is -0.120. The molecule has 1 unspecified atom stereocenters. The molecule has 102 valence electrons. The number of nitrogens with one attached hydrogen (secondary N) is 1. The Balaban J connectivity index is 2.39. The van der Waals surface area contributed by atoms with Crippen LogP contribution in [0.4, 0.5) is 0 Å². The van der Waals surface area contributed by atoms with Gasteiger partial charge in [-0.25, -0.2) is 0 Å². The molecule has 0 aromatic carbocycles. The van der Waals surface area contributed by atoms with E-state index in [1.807, 2.05) is 0 Å². The molecule has 1 heterocycles. The molecule has 1 amide bonds. The van der Waals surface area contributed by atoms with Gasteiger partial charge >= 0.3 is 0 Å². The highest BCUT2D eigenvalue weighted by molar-refractivity contribution is 6.39. The van der Waals surface area contributed by atoms with Crippen molar-refractivity contribution in [3.8, 4) is 0 Å². The largest absolute Gasteiger partial charge is 0.354 e. The summed E-state index contributed by atoms with van der Waals surface area (Å²) in [6, 6.07) is 0.313. The van der Waals surface area contributed by atoms with Gasteiger partial charge in [0, 0.05) is 19.4 Å². The van der Waals surface area contributed by atoms with Crippen molar-refractivity contribution in [1.82, 2.24) is 5.32 Å². The number of Topliss-reactive ketones (excluding diaryl/α,β-unsaturated/α-hetero) is 1. The smallest absolute Gasteiger partial charge is 0.217 e. The van der Waals surface area contributed by atoms with Crippen LogP contribution >= 0.6 is 0 Å². The molecule has 0 radical (unpaired) electrons. The Labute approximate surface area is 111 Å². The highest BCUT2D eigenvalue weighted by atomic mass is 16.1. The number of amides is 1. The summed E-state index contributed by atoms with van der Waals surface area (Å²) in [5, 5.41) is 3.08. The Morgan fingerprint density at radius 2 is 1.94 bits per heavy atom. The number of hydrogen-bond acceptors (Lipinski definition) is 2. The molecule has 1 fully saturated rings. The minimum absolute atomic E-state index is 0.0744. The molecule has 0 bridgehead atoms. The second kappa shape index (κ2) is 6.39. The molecule has 0 aliphatic carbocycles. The minimum atomic E-state index is 0.0744. The lowest BCUT2D eigenvalue weighted by Crippen LogP contribution is -2.41. The number of ketones is 1. The monoisotopic (exact) mass is 251 g/mol. The summed E-state index contributed by atoms with van der Waals surface area (Å²) in [7, 11) is 1.19. The van der Waals surface area contributed by atoms with Crippen molar-refractivity contribution < 1.29 is 9.59 Å². The third kappa shape index (κ3) is 4.15. The molecule has 1 aliphatic heterocycles. The molecular formula is C14H26BNO2. The molecule has 0 saturated carbocycles. The maximum atomic E-state index is 11.2. The second-order valence-corrected chi connectivity index (χ2v) is 6.30. The van der Waals surface area contributed by atoms with Crippen molar-refractivity contribution >= 4 is 19.0 Å². The van der Waals surface area contributed by atoms with E-state index in [2.05, 4.69) is 19.2 Å². The number of unbranched alkanes of at least 4 members (excludes halogenated alkanes) is 1. The molecular weight excluding hydrogens is 225 g/mol. The van der Waals surface area contributed by atoms with Gasteiger partial charge in [-0.3, -0.25) is 4.79 Å². The molecule has 1 N–H and O–H groups in total. The van der Waals surface area contributed by atoms with Crippen molar-refractivity contribution in [2.24, 2.45) is 5.41 Å².